The predicted octanol–water partition coefficient (Wildman–Crippen LogP) is 2.75. The van der Waals surface area contributed by atoms with Crippen LogP contribution in [0.15, 0.2) is 11.4 Å². The minimum atomic E-state index is -0.0134. The average Bonchev–Trinajstić information content (AvgIpc) is 2.96. The Morgan fingerprint density at radius 2 is 2.15 bits per heavy atom. The normalized spacial score (nSPS) is 29.8. The molecule has 1 saturated carbocycles. The lowest BCUT2D eigenvalue weighted by atomic mass is 9.86. The van der Waals surface area contributed by atoms with Gasteiger partial charge in [0.1, 0.15) is 5.25 Å². The third kappa shape index (κ3) is 3.05. The number of carbonyl (C=O) groups is 1. The van der Waals surface area contributed by atoms with Gasteiger partial charge >= 0.3 is 0 Å². The zero-order chi connectivity index (χ0) is 13.9. The predicted molar refractivity (Wildman–Crippen MR) is 84.2 cm³/mol. The van der Waals surface area contributed by atoms with Gasteiger partial charge in [-0.05, 0) is 60.8 Å². The smallest absolute Gasteiger partial charge is 0.237 e. The average molecular weight is 311 g/mol. The van der Waals surface area contributed by atoms with E-state index in [-0.39, 0.29) is 17.8 Å². The second-order valence-electron chi connectivity index (χ2n) is 5.71. The first-order chi connectivity index (χ1) is 9.78. The van der Waals surface area contributed by atoms with Crippen LogP contribution in [0, 0.1) is 5.92 Å². The van der Waals surface area contributed by atoms with E-state index in [2.05, 4.69) is 16.8 Å². The Morgan fingerprint density at radius 1 is 1.35 bits per heavy atom. The number of aryl methyl sites for hydroxylation is 1. The SMILES string of the molecule is O=C(NC1CCC(CO)CC1)C1SCCc2sccc21. The number of hydrogen-bond acceptors (Lipinski definition) is 4. The highest BCUT2D eigenvalue weighted by Gasteiger charge is 2.30. The van der Waals surface area contributed by atoms with Crippen molar-refractivity contribution in [3.8, 4) is 0 Å². The van der Waals surface area contributed by atoms with Gasteiger partial charge in [0, 0.05) is 17.5 Å². The minimum absolute atomic E-state index is 0.0134. The number of thiophene rings is 1. The summed E-state index contributed by atoms with van der Waals surface area (Å²) >= 11 is 3.54. The second-order valence-corrected chi connectivity index (χ2v) is 7.92. The van der Waals surface area contributed by atoms with Gasteiger partial charge in [0.15, 0.2) is 0 Å². The molecule has 2 aliphatic rings. The van der Waals surface area contributed by atoms with Crippen molar-refractivity contribution in [2.75, 3.05) is 12.4 Å². The molecule has 1 aromatic rings. The molecule has 3 rings (SSSR count). The van der Waals surface area contributed by atoms with E-state index in [0.29, 0.717) is 12.0 Å². The molecular formula is C15H21NO2S2. The molecule has 2 heterocycles. The van der Waals surface area contributed by atoms with Gasteiger partial charge < -0.3 is 10.4 Å². The molecule has 1 aliphatic carbocycles. The lowest BCUT2D eigenvalue weighted by Crippen LogP contribution is -2.40. The van der Waals surface area contributed by atoms with E-state index in [4.69, 9.17) is 5.11 Å². The van der Waals surface area contributed by atoms with Gasteiger partial charge in [0.2, 0.25) is 5.91 Å². The van der Waals surface area contributed by atoms with Crippen LogP contribution in [0.5, 0.6) is 0 Å². The van der Waals surface area contributed by atoms with E-state index in [0.717, 1.165) is 37.9 Å². The number of rotatable bonds is 3. The summed E-state index contributed by atoms with van der Waals surface area (Å²) in [6.45, 7) is 0.289. The van der Waals surface area contributed by atoms with Crippen LogP contribution in [0.3, 0.4) is 0 Å². The quantitative estimate of drug-likeness (QED) is 0.902. The number of fused-ring (bicyclic) bond motifs is 1. The van der Waals surface area contributed by atoms with Crippen molar-refractivity contribution in [1.29, 1.82) is 0 Å². The standard InChI is InChI=1S/C15H21NO2S2/c17-9-10-1-3-11(4-2-10)16-15(18)14-12-5-7-19-13(12)6-8-20-14/h5,7,10-11,14,17H,1-4,6,8-9H2,(H,16,18). The molecular weight excluding hydrogens is 290 g/mol. The van der Waals surface area contributed by atoms with Crippen LogP contribution in [0.2, 0.25) is 0 Å². The number of hydrogen-bond donors (Lipinski definition) is 2. The highest BCUT2D eigenvalue weighted by molar-refractivity contribution is 8.00. The van der Waals surface area contributed by atoms with Crippen molar-refractivity contribution in [2.45, 2.75) is 43.4 Å². The monoisotopic (exact) mass is 311 g/mol. The zero-order valence-corrected chi connectivity index (χ0v) is 13.1. The third-order valence-corrected chi connectivity index (χ3v) is 6.60. The number of carbonyl (C=O) groups excluding carboxylic acids is 1. The van der Waals surface area contributed by atoms with Crippen LogP contribution in [0.25, 0.3) is 0 Å². The number of amides is 1. The topological polar surface area (TPSA) is 49.3 Å². The summed E-state index contributed by atoms with van der Waals surface area (Å²) in [5.74, 6) is 1.67. The molecule has 1 unspecified atom stereocenters. The Kier molecular flexibility index (Phi) is 4.68. The molecule has 1 aliphatic heterocycles. The molecule has 1 amide bonds. The van der Waals surface area contributed by atoms with Gasteiger partial charge in [-0.1, -0.05) is 0 Å². The lowest BCUT2D eigenvalue weighted by molar-refractivity contribution is -0.121. The fraction of sp³-hybridized carbons (Fsp3) is 0.667. The van der Waals surface area contributed by atoms with Crippen molar-refractivity contribution in [1.82, 2.24) is 5.32 Å². The number of aliphatic hydroxyl groups excluding tert-OH is 1. The van der Waals surface area contributed by atoms with Crippen LogP contribution in [-0.4, -0.2) is 29.4 Å². The Morgan fingerprint density at radius 3 is 2.90 bits per heavy atom. The van der Waals surface area contributed by atoms with Crippen LogP contribution >= 0.6 is 23.1 Å². The van der Waals surface area contributed by atoms with Gasteiger partial charge in [-0.3, -0.25) is 4.79 Å². The van der Waals surface area contributed by atoms with E-state index >= 15 is 0 Å². The maximum Gasteiger partial charge on any atom is 0.237 e. The Labute approximate surface area is 128 Å². The van der Waals surface area contributed by atoms with E-state index < -0.39 is 0 Å². The van der Waals surface area contributed by atoms with Crippen molar-refractivity contribution in [3.05, 3.63) is 21.9 Å². The first-order valence-corrected chi connectivity index (χ1v) is 9.30. The number of nitrogens with one attached hydrogen (secondary N) is 1. The maximum absolute atomic E-state index is 12.5. The summed E-state index contributed by atoms with van der Waals surface area (Å²) in [4.78, 5) is 13.9. The molecule has 20 heavy (non-hydrogen) atoms. The Bertz CT molecular complexity index is 466. The highest BCUT2D eigenvalue weighted by Crippen LogP contribution is 2.39. The molecule has 0 saturated heterocycles. The Balaban J connectivity index is 1.58. The third-order valence-electron chi connectivity index (χ3n) is 4.37. The molecule has 110 valence electrons. The van der Waals surface area contributed by atoms with Crippen molar-refractivity contribution in [3.63, 3.8) is 0 Å². The summed E-state index contributed by atoms with van der Waals surface area (Å²) in [7, 11) is 0. The zero-order valence-electron chi connectivity index (χ0n) is 11.5. The maximum atomic E-state index is 12.5. The summed E-state index contributed by atoms with van der Waals surface area (Å²) in [5, 5.41) is 14.5. The molecule has 1 fully saturated rings. The molecule has 1 atom stereocenters. The van der Waals surface area contributed by atoms with Crippen LogP contribution in [0.4, 0.5) is 0 Å². The number of thioether (sulfide) groups is 1. The first-order valence-electron chi connectivity index (χ1n) is 7.37. The Hall–Kier alpha value is -0.520. The molecule has 0 spiro atoms. The molecule has 5 heteroatoms. The molecule has 1 aromatic heterocycles. The largest absolute Gasteiger partial charge is 0.396 e. The molecule has 0 aromatic carbocycles. The van der Waals surface area contributed by atoms with Gasteiger partial charge in [-0.25, -0.2) is 0 Å². The lowest BCUT2D eigenvalue weighted by Gasteiger charge is -2.30. The molecule has 0 bridgehead atoms. The fourth-order valence-corrected chi connectivity index (χ4v) is 5.43. The van der Waals surface area contributed by atoms with Gasteiger partial charge in [0.05, 0.1) is 0 Å². The van der Waals surface area contributed by atoms with Gasteiger partial charge in [-0.15, -0.1) is 23.1 Å². The van der Waals surface area contributed by atoms with E-state index in [1.54, 1.807) is 23.1 Å². The molecule has 2 N–H and O–H groups in total. The van der Waals surface area contributed by atoms with Crippen LogP contribution in [-0.2, 0) is 11.2 Å². The summed E-state index contributed by atoms with van der Waals surface area (Å²) in [5.41, 5.74) is 1.23. The van der Waals surface area contributed by atoms with Crippen LogP contribution in [0.1, 0.15) is 41.4 Å². The molecule has 0 radical (unpaired) electrons. The van der Waals surface area contributed by atoms with Crippen LogP contribution < -0.4 is 5.32 Å². The summed E-state index contributed by atoms with van der Waals surface area (Å²) < 4.78 is 0. The number of aliphatic hydroxyl groups is 1. The van der Waals surface area contributed by atoms with Crippen molar-refractivity contribution >= 4 is 29.0 Å². The highest BCUT2D eigenvalue weighted by atomic mass is 32.2. The van der Waals surface area contributed by atoms with Crippen molar-refractivity contribution < 1.29 is 9.90 Å². The fourth-order valence-electron chi connectivity index (χ4n) is 3.13. The minimum Gasteiger partial charge on any atom is -0.396 e. The van der Waals surface area contributed by atoms with E-state index in [9.17, 15) is 4.79 Å². The van der Waals surface area contributed by atoms with Gasteiger partial charge in [-0.2, -0.15) is 0 Å². The summed E-state index contributed by atoms with van der Waals surface area (Å²) in [6, 6.07) is 2.41. The van der Waals surface area contributed by atoms with Gasteiger partial charge in [0.25, 0.3) is 0 Å². The van der Waals surface area contributed by atoms with E-state index in [1.165, 1.54) is 10.4 Å². The second kappa shape index (κ2) is 6.50. The summed E-state index contributed by atoms with van der Waals surface area (Å²) in [6.07, 6.45) is 5.17. The van der Waals surface area contributed by atoms with Crippen molar-refractivity contribution in [2.24, 2.45) is 5.92 Å². The molecule has 3 nitrogen and oxygen atoms in total. The van der Waals surface area contributed by atoms with E-state index in [1.807, 2.05) is 0 Å². The first kappa shape index (κ1) is 14.4.